The molecular weight excluding hydrogens is 430 g/mol. The molecule has 0 aliphatic rings. The fourth-order valence-electron chi connectivity index (χ4n) is 2.42. The maximum absolute atomic E-state index is 12.0. The lowest BCUT2D eigenvalue weighted by Gasteiger charge is -2.05. The molecule has 0 unspecified atom stereocenters. The van der Waals surface area contributed by atoms with Crippen molar-refractivity contribution < 1.29 is 18.9 Å². The Labute approximate surface area is 168 Å². The largest absolute Gasteiger partial charge is 0.496 e. The number of furan rings is 1. The zero-order valence-electron chi connectivity index (χ0n) is 14.6. The van der Waals surface area contributed by atoms with E-state index in [-0.39, 0.29) is 11.6 Å². The van der Waals surface area contributed by atoms with Crippen LogP contribution < -0.4 is 10.2 Å². The molecule has 0 aliphatic heterocycles. The van der Waals surface area contributed by atoms with Gasteiger partial charge in [-0.2, -0.15) is 5.10 Å². The first kappa shape index (κ1) is 19.3. The van der Waals surface area contributed by atoms with Crippen molar-refractivity contribution in [2.45, 2.75) is 0 Å². The summed E-state index contributed by atoms with van der Waals surface area (Å²) in [4.78, 5) is 22.5. The molecule has 28 heavy (non-hydrogen) atoms. The number of benzene rings is 2. The molecule has 0 fully saturated rings. The van der Waals surface area contributed by atoms with Crippen LogP contribution in [0.3, 0.4) is 0 Å². The third-order valence-corrected chi connectivity index (χ3v) is 4.22. The highest BCUT2D eigenvalue weighted by Crippen LogP contribution is 2.34. The molecule has 8 nitrogen and oxygen atoms in total. The molecule has 142 valence electrons. The van der Waals surface area contributed by atoms with E-state index < -0.39 is 4.92 Å². The van der Waals surface area contributed by atoms with E-state index in [1.54, 1.807) is 30.3 Å². The van der Waals surface area contributed by atoms with E-state index in [2.05, 4.69) is 26.5 Å². The van der Waals surface area contributed by atoms with Gasteiger partial charge in [0.05, 0.1) is 23.8 Å². The zero-order valence-corrected chi connectivity index (χ0v) is 16.2. The number of halogens is 1. The number of hydrogen-bond donors (Lipinski definition) is 1. The zero-order chi connectivity index (χ0) is 20.1. The summed E-state index contributed by atoms with van der Waals surface area (Å²) in [5, 5.41) is 14.9. The predicted octanol–water partition coefficient (Wildman–Crippen LogP) is 4.39. The summed E-state index contributed by atoms with van der Waals surface area (Å²) in [6.45, 7) is 0. The average Bonchev–Trinajstić information content (AvgIpc) is 3.16. The Bertz CT molecular complexity index is 1060. The number of nitro groups is 1. The van der Waals surface area contributed by atoms with Crippen molar-refractivity contribution in [3.63, 3.8) is 0 Å². The van der Waals surface area contributed by atoms with E-state index >= 15 is 0 Å². The molecule has 0 atom stereocenters. The number of carbonyl (C=O) groups is 1. The second kappa shape index (κ2) is 8.49. The molecule has 1 heterocycles. The first-order valence-electron chi connectivity index (χ1n) is 7.99. The van der Waals surface area contributed by atoms with Crippen LogP contribution in [0.4, 0.5) is 5.69 Å². The number of nitro benzene ring substituents is 1. The summed E-state index contributed by atoms with van der Waals surface area (Å²) in [7, 11) is 1.47. The molecule has 1 amide bonds. The minimum absolute atomic E-state index is 0.0799. The summed E-state index contributed by atoms with van der Waals surface area (Å²) in [6, 6.07) is 14.4. The van der Waals surface area contributed by atoms with Crippen LogP contribution in [-0.4, -0.2) is 24.2 Å². The van der Waals surface area contributed by atoms with Crippen LogP contribution >= 0.6 is 15.9 Å². The number of nitrogens with zero attached hydrogens (tertiary/aromatic N) is 2. The second-order valence-electron chi connectivity index (χ2n) is 5.55. The van der Waals surface area contributed by atoms with Gasteiger partial charge in [-0.05, 0) is 36.4 Å². The molecule has 0 spiro atoms. The molecule has 0 saturated carbocycles. The van der Waals surface area contributed by atoms with Crippen LogP contribution in [0, 0.1) is 10.1 Å². The van der Waals surface area contributed by atoms with Crippen LogP contribution in [0.5, 0.6) is 5.75 Å². The quantitative estimate of drug-likeness (QED) is 0.345. The number of non-ortho nitro benzene ring substituents is 1. The van der Waals surface area contributed by atoms with Crippen molar-refractivity contribution in [3.05, 3.63) is 80.5 Å². The van der Waals surface area contributed by atoms with E-state index in [0.29, 0.717) is 28.4 Å². The third kappa shape index (κ3) is 4.44. The van der Waals surface area contributed by atoms with Crippen molar-refractivity contribution in [3.8, 4) is 17.1 Å². The van der Waals surface area contributed by atoms with Crippen LogP contribution in [0.25, 0.3) is 11.3 Å². The van der Waals surface area contributed by atoms with Gasteiger partial charge >= 0.3 is 0 Å². The summed E-state index contributed by atoms with van der Waals surface area (Å²) in [5.74, 6) is 0.800. The predicted molar refractivity (Wildman–Crippen MR) is 107 cm³/mol. The Morgan fingerprint density at radius 3 is 2.79 bits per heavy atom. The summed E-state index contributed by atoms with van der Waals surface area (Å²) in [5.41, 5.74) is 3.22. The normalized spacial score (nSPS) is 10.8. The van der Waals surface area contributed by atoms with Gasteiger partial charge in [-0.25, -0.2) is 5.43 Å². The molecule has 3 aromatic rings. The molecule has 0 saturated heterocycles. The van der Waals surface area contributed by atoms with Crippen LogP contribution in [-0.2, 0) is 0 Å². The highest BCUT2D eigenvalue weighted by Gasteiger charge is 2.15. The minimum atomic E-state index is -0.494. The van der Waals surface area contributed by atoms with Crippen molar-refractivity contribution in [2.24, 2.45) is 5.10 Å². The molecule has 9 heteroatoms. The minimum Gasteiger partial charge on any atom is -0.496 e. The van der Waals surface area contributed by atoms with Gasteiger partial charge < -0.3 is 9.15 Å². The molecule has 1 N–H and O–H groups in total. The first-order valence-corrected chi connectivity index (χ1v) is 8.79. The van der Waals surface area contributed by atoms with Crippen molar-refractivity contribution in [1.29, 1.82) is 0 Å². The highest BCUT2D eigenvalue weighted by molar-refractivity contribution is 9.10. The van der Waals surface area contributed by atoms with Gasteiger partial charge in [-0.1, -0.05) is 22.0 Å². The number of nitrogens with one attached hydrogen (secondary N) is 1. The van der Waals surface area contributed by atoms with Crippen LogP contribution in [0.15, 0.2) is 68.6 Å². The first-order chi connectivity index (χ1) is 13.5. The van der Waals surface area contributed by atoms with Crippen LogP contribution in [0.2, 0.25) is 0 Å². The number of ether oxygens (including phenoxy) is 1. The summed E-state index contributed by atoms with van der Waals surface area (Å²) >= 11 is 3.30. The van der Waals surface area contributed by atoms with Crippen molar-refractivity contribution in [1.82, 2.24) is 5.43 Å². The second-order valence-corrected chi connectivity index (χ2v) is 6.47. The Hall–Kier alpha value is -3.46. The van der Waals surface area contributed by atoms with Gasteiger partial charge in [0, 0.05) is 22.2 Å². The highest BCUT2D eigenvalue weighted by atomic mass is 79.9. The lowest BCUT2D eigenvalue weighted by atomic mass is 10.1. The molecule has 3 rings (SSSR count). The Morgan fingerprint density at radius 2 is 2.07 bits per heavy atom. The SMILES string of the molecule is COc1ccc([N+](=O)[O-])cc1-c1ccc(/C=N\NC(=O)c2cccc(Br)c2)o1. The lowest BCUT2D eigenvalue weighted by molar-refractivity contribution is -0.384. The van der Waals surface area contributed by atoms with Gasteiger partial charge in [0.25, 0.3) is 11.6 Å². The van der Waals surface area contributed by atoms with E-state index in [9.17, 15) is 14.9 Å². The Morgan fingerprint density at radius 1 is 1.25 bits per heavy atom. The lowest BCUT2D eigenvalue weighted by Crippen LogP contribution is -2.17. The molecular formula is C19H14BrN3O5. The van der Waals surface area contributed by atoms with Crippen LogP contribution in [0.1, 0.15) is 16.1 Å². The smallest absolute Gasteiger partial charge is 0.271 e. The van der Waals surface area contributed by atoms with Gasteiger partial charge in [-0.3, -0.25) is 14.9 Å². The topological polar surface area (TPSA) is 107 Å². The maximum Gasteiger partial charge on any atom is 0.271 e. The number of hydrazone groups is 1. The molecule has 2 aromatic carbocycles. The van der Waals surface area contributed by atoms with Gasteiger partial charge in [-0.15, -0.1) is 0 Å². The third-order valence-electron chi connectivity index (χ3n) is 3.73. The number of amides is 1. The van der Waals surface area contributed by atoms with E-state index in [1.807, 2.05) is 6.07 Å². The molecule has 0 aliphatic carbocycles. The standard InChI is InChI=1S/C19H14BrN3O5/c1-27-17-7-5-14(23(25)26)10-16(17)18-8-6-15(28-18)11-21-22-19(24)12-3-2-4-13(20)9-12/h2-11H,1H3,(H,22,24)/b21-11-. The maximum atomic E-state index is 12.0. The number of methoxy groups -OCH3 is 1. The van der Waals surface area contributed by atoms with E-state index in [4.69, 9.17) is 9.15 Å². The molecule has 0 radical (unpaired) electrons. The van der Waals surface area contributed by atoms with Gasteiger partial charge in [0.1, 0.15) is 17.3 Å². The van der Waals surface area contributed by atoms with Crippen molar-refractivity contribution in [2.75, 3.05) is 7.11 Å². The fraction of sp³-hybridized carbons (Fsp3) is 0.0526. The van der Waals surface area contributed by atoms with E-state index in [0.717, 1.165) is 4.47 Å². The summed E-state index contributed by atoms with van der Waals surface area (Å²) < 4.78 is 11.7. The van der Waals surface area contributed by atoms with Gasteiger partial charge in [0.15, 0.2) is 0 Å². The van der Waals surface area contributed by atoms with Crippen molar-refractivity contribution >= 4 is 33.7 Å². The Balaban J connectivity index is 1.75. The number of carbonyl (C=O) groups excluding carboxylic acids is 1. The number of hydrogen-bond acceptors (Lipinski definition) is 6. The van der Waals surface area contributed by atoms with E-state index in [1.165, 1.54) is 31.5 Å². The van der Waals surface area contributed by atoms with Gasteiger partial charge in [0.2, 0.25) is 0 Å². The Kier molecular flexibility index (Phi) is 5.85. The fourth-order valence-corrected chi connectivity index (χ4v) is 2.82. The monoisotopic (exact) mass is 443 g/mol. The average molecular weight is 444 g/mol. The molecule has 0 bridgehead atoms. The summed E-state index contributed by atoms with van der Waals surface area (Å²) in [6.07, 6.45) is 1.34. The number of rotatable bonds is 6. The molecule has 1 aromatic heterocycles.